The van der Waals surface area contributed by atoms with Crippen LogP contribution in [0.25, 0.3) is 16.6 Å². The Morgan fingerprint density at radius 3 is 2.70 bits per heavy atom. The molecule has 5 heteroatoms. The maximum absolute atomic E-state index is 13.4. The highest BCUT2D eigenvalue weighted by Crippen LogP contribution is 2.32. The summed E-state index contributed by atoms with van der Waals surface area (Å²) in [6, 6.07) is 13.5. The first-order chi connectivity index (χ1) is 13.0. The molecule has 0 amide bonds. The van der Waals surface area contributed by atoms with Crippen molar-refractivity contribution in [1.82, 2.24) is 9.55 Å². The number of Topliss-reactive ketones (excluding diaryl/α,β-unsaturated/α-hetero) is 1. The van der Waals surface area contributed by atoms with Gasteiger partial charge >= 0.3 is 0 Å². The molecule has 0 aliphatic heterocycles. The van der Waals surface area contributed by atoms with Crippen molar-refractivity contribution in [2.45, 2.75) is 49.9 Å². The normalized spacial score (nSPS) is 17.4. The van der Waals surface area contributed by atoms with E-state index in [0.717, 1.165) is 36.1 Å². The van der Waals surface area contributed by atoms with Crippen molar-refractivity contribution in [3.05, 3.63) is 63.9 Å². The Labute approximate surface area is 162 Å². The minimum Gasteiger partial charge on any atom is -0.298 e. The van der Waals surface area contributed by atoms with Crippen LogP contribution >= 0.6 is 11.8 Å². The Balaban J connectivity index is 1.94. The van der Waals surface area contributed by atoms with Crippen LogP contribution in [-0.2, 0) is 4.79 Å². The summed E-state index contributed by atoms with van der Waals surface area (Å²) in [7, 11) is 0. The smallest absolute Gasteiger partial charge is 0.266 e. The van der Waals surface area contributed by atoms with Crippen LogP contribution in [-0.4, -0.2) is 20.6 Å². The lowest BCUT2D eigenvalue weighted by atomic mass is 9.99. The van der Waals surface area contributed by atoms with Crippen LogP contribution in [0.5, 0.6) is 0 Å². The van der Waals surface area contributed by atoms with E-state index in [9.17, 15) is 9.59 Å². The zero-order chi connectivity index (χ0) is 19.0. The molecule has 0 bridgehead atoms. The molecular formula is C22H22N2O2S. The van der Waals surface area contributed by atoms with Crippen LogP contribution < -0.4 is 5.56 Å². The molecule has 3 aromatic rings. The number of aryl methyl sites for hydroxylation is 2. The van der Waals surface area contributed by atoms with Gasteiger partial charge in [-0.05, 0) is 56.0 Å². The second-order valence-electron chi connectivity index (χ2n) is 7.16. The molecule has 0 N–H and O–H groups in total. The number of nitrogens with zero attached hydrogens (tertiary/aromatic N) is 2. The standard InChI is InChI=1S/C22H22N2O2S/c1-14-11-12-15(2)18(13-14)24-21(26)16-7-3-4-8-17(16)23-22(24)27-20-10-6-5-9-19(20)25/h3-4,7-8,11-13,20H,5-6,9-10H2,1-2H3. The summed E-state index contributed by atoms with van der Waals surface area (Å²) in [5.74, 6) is 0.265. The molecule has 0 saturated heterocycles. The lowest BCUT2D eigenvalue weighted by molar-refractivity contribution is -0.119. The highest BCUT2D eigenvalue weighted by atomic mass is 32.2. The van der Waals surface area contributed by atoms with E-state index in [1.54, 1.807) is 4.57 Å². The molecule has 27 heavy (non-hydrogen) atoms. The molecule has 1 aromatic heterocycles. The Bertz CT molecular complexity index is 1090. The zero-order valence-electron chi connectivity index (χ0n) is 15.6. The van der Waals surface area contributed by atoms with Gasteiger partial charge in [-0.1, -0.05) is 42.4 Å². The summed E-state index contributed by atoms with van der Waals surface area (Å²) in [5.41, 5.74) is 3.52. The van der Waals surface area contributed by atoms with Crippen LogP contribution in [0.4, 0.5) is 0 Å². The lowest BCUT2D eigenvalue weighted by Gasteiger charge is -2.22. The number of hydrogen-bond donors (Lipinski definition) is 0. The fraction of sp³-hybridized carbons (Fsp3) is 0.318. The van der Waals surface area contributed by atoms with Crippen molar-refractivity contribution >= 4 is 28.4 Å². The Kier molecular flexibility index (Phi) is 4.87. The largest absolute Gasteiger partial charge is 0.298 e. The number of rotatable bonds is 3. The van der Waals surface area contributed by atoms with Crippen LogP contribution in [0, 0.1) is 13.8 Å². The van der Waals surface area contributed by atoms with Gasteiger partial charge in [0.05, 0.1) is 21.8 Å². The molecule has 1 atom stereocenters. The molecule has 1 heterocycles. The van der Waals surface area contributed by atoms with E-state index in [0.29, 0.717) is 22.5 Å². The van der Waals surface area contributed by atoms with E-state index in [-0.39, 0.29) is 16.6 Å². The van der Waals surface area contributed by atoms with E-state index >= 15 is 0 Å². The van der Waals surface area contributed by atoms with Crippen molar-refractivity contribution in [3.63, 3.8) is 0 Å². The van der Waals surface area contributed by atoms with Gasteiger partial charge < -0.3 is 0 Å². The first-order valence-electron chi connectivity index (χ1n) is 9.33. The second-order valence-corrected chi connectivity index (χ2v) is 8.33. The fourth-order valence-corrected chi connectivity index (χ4v) is 4.79. The van der Waals surface area contributed by atoms with Crippen LogP contribution in [0.3, 0.4) is 0 Å². The van der Waals surface area contributed by atoms with E-state index in [1.165, 1.54) is 11.8 Å². The topological polar surface area (TPSA) is 52.0 Å². The van der Waals surface area contributed by atoms with Crippen molar-refractivity contribution in [1.29, 1.82) is 0 Å². The minimum atomic E-state index is -0.122. The third-order valence-corrected chi connectivity index (χ3v) is 6.36. The molecule has 0 radical (unpaired) electrons. The Hall–Kier alpha value is -2.40. The molecule has 1 fully saturated rings. The average molecular weight is 378 g/mol. The number of carbonyl (C=O) groups excluding carboxylic acids is 1. The first-order valence-corrected chi connectivity index (χ1v) is 10.2. The molecule has 4 nitrogen and oxygen atoms in total. The van der Waals surface area contributed by atoms with Crippen molar-refractivity contribution in [2.75, 3.05) is 0 Å². The number of para-hydroxylation sites is 1. The average Bonchev–Trinajstić information content (AvgIpc) is 2.66. The summed E-state index contributed by atoms with van der Waals surface area (Å²) in [6.07, 6.45) is 3.48. The first kappa shape index (κ1) is 18.0. The third kappa shape index (κ3) is 3.44. The summed E-state index contributed by atoms with van der Waals surface area (Å²) in [4.78, 5) is 30.5. The number of fused-ring (bicyclic) bond motifs is 1. The highest BCUT2D eigenvalue weighted by Gasteiger charge is 2.26. The molecule has 1 unspecified atom stereocenters. The predicted octanol–water partition coefficient (Wildman–Crippen LogP) is 4.61. The summed E-state index contributed by atoms with van der Waals surface area (Å²) in [6.45, 7) is 4.01. The van der Waals surface area contributed by atoms with Crippen molar-refractivity contribution in [3.8, 4) is 5.69 Å². The number of ketones is 1. The molecular weight excluding hydrogens is 356 g/mol. The number of thioether (sulfide) groups is 1. The molecule has 1 saturated carbocycles. The zero-order valence-corrected chi connectivity index (χ0v) is 16.4. The van der Waals surface area contributed by atoms with Gasteiger partial charge in [0, 0.05) is 6.42 Å². The van der Waals surface area contributed by atoms with Gasteiger partial charge in [0.15, 0.2) is 5.16 Å². The van der Waals surface area contributed by atoms with Gasteiger partial charge in [-0.2, -0.15) is 0 Å². The molecule has 0 spiro atoms. The summed E-state index contributed by atoms with van der Waals surface area (Å²) >= 11 is 1.44. The third-order valence-electron chi connectivity index (χ3n) is 5.10. The van der Waals surface area contributed by atoms with E-state index in [4.69, 9.17) is 4.98 Å². The fourth-order valence-electron chi connectivity index (χ4n) is 3.57. The van der Waals surface area contributed by atoms with Crippen LogP contribution in [0.2, 0.25) is 0 Å². The van der Waals surface area contributed by atoms with Gasteiger partial charge in [-0.15, -0.1) is 0 Å². The monoisotopic (exact) mass is 378 g/mol. The van der Waals surface area contributed by atoms with Crippen molar-refractivity contribution < 1.29 is 4.79 Å². The Morgan fingerprint density at radius 2 is 1.89 bits per heavy atom. The van der Waals surface area contributed by atoms with Gasteiger partial charge in [0.2, 0.25) is 0 Å². The van der Waals surface area contributed by atoms with Crippen LogP contribution in [0.15, 0.2) is 52.4 Å². The number of carbonyl (C=O) groups is 1. The number of benzene rings is 2. The maximum Gasteiger partial charge on any atom is 0.266 e. The molecule has 1 aliphatic carbocycles. The molecule has 4 rings (SSSR count). The van der Waals surface area contributed by atoms with Gasteiger partial charge in [0.25, 0.3) is 5.56 Å². The van der Waals surface area contributed by atoms with E-state index < -0.39 is 0 Å². The van der Waals surface area contributed by atoms with Gasteiger partial charge in [-0.3, -0.25) is 14.2 Å². The number of aromatic nitrogens is 2. The van der Waals surface area contributed by atoms with Gasteiger partial charge in [0.1, 0.15) is 5.78 Å². The van der Waals surface area contributed by atoms with Crippen molar-refractivity contribution in [2.24, 2.45) is 0 Å². The molecule has 138 valence electrons. The second kappa shape index (κ2) is 7.31. The summed E-state index contributed by atoms with van der Waals surface area (Å²) < 4.78 is 1.69. The maximum atomic E-state index is 13.4. The molecule has 2 aromatic carbocycles. The lowest BCUT2D eigenvalue weighted by Crippen LogP contribution is -2.26. The SMILES string of the molecule is Cc1ccc(C)c(-n2c(SC3CCCCC3=O)nc3ccccc3c2=O)c1. The summed E-state index contributed by atoms with van der Waals surface area (Å²) in [5, 5.41) is 1.08. The van der Waals surface area contributed by atoms with Gasteiger partial charge in [-0.25, -0.2) is 4.98 Å². The van der Waals surface area contributed by atoms with Crippen LogP contribution in [0.1, 0.15) is 36.8 Å². The van der Waals surface area contributed by atoms with E-state index in [1.807, 2.05) is 56.3 Å². The quantitative estimate of drug-likeness (QED) is 0.625. The van der Waals surface area contributed by atoms with E-state index in [2.05, 4.69) is 0 Å². The minimum absolute atomic E-state index is 0.0833. The predicted molar refractivity (Wildman–Crippen MR) is 110 cm³/mol. The Morgan fingerprint density at radius 1 is 1.07 bits per heavy atom. The molecule has 1 aliphatic rings. The number of hydrogen-bond acceptors (Lipinski definition) is 4. The highest BCUT2D eigenvalue weighted by molar-refractivity contribution is 8.00.